The number of carbonyl (C=O) groups is 1. The monoisotopic (exact) mass is 263 g/mol. The minimum absolute atomic E-state index is 0.237. The van der Waals surface area contributed by atoms with Gasteiger partial charge in [-0.05, 0) is 39.8 Å². The van der Waals surface area contributed by atoms with Crippen LogP contribution in [0.1, 0.15) is 42.7 Å². The third-order valence-electron chi connectivity index (χ3n) is 2.46. The second-order valence-corrected chi connectivity index (χ2v) is 5.26. The molecule has 0 saturated heterocycles. The highest BCUT2D eigenvalue weighted by atomic mass is 16.6. The topological polar surface area (TPSA) is 70.2 Å². The molecule has 2 rings (SSSR count). The van der Waals surface area contributed by atoms with Crippen LogP contribution in [0.5, 0.6) is 0 Å². The zero-order chi connectivity index (χ0) is 14.0. The molecule has 102 valence electrons. The third-order valence-corrected chi connectivity index (χ3v) is 2.46. The van der Waals surface area contributed by atoms with Crippen molar-refractivity contribution >= 4 is 5.97 Å². The van der Waals surface area contributed by atoms with Crippen molar-refractivity contribution in [3.05, 3.63) is 35.5 Å². The van der Waals surface area contributed by atoms with Gasteiger partial charge in [0.1, 0.15) is 17.9 Å². The fourth-order valence-corrected chi connectivity index (χ4v) is 1.58. The molecule has 2 heterocycles. The number of ether oxygens (including phenoxy) is 1. The van der Waals surface area contributed by atoms with Crippen molar-refractivity contribution in [3.8, 4) is 0 Å². The van der Waals surface area contributed by atoms with Crippen molar-refractivity contribution < 1.29 is 13.9 Å². The summed E-state index contributed by atoms with van der Waals surface area (Å²) in [6, 6.07) is 3.64. The van der Waals surface area contributed by atoms with Crippen LogP contribution in [0.4, 0.5) is 0 Å². The molecule has 0 amide bonds. The van der Waals surface area contributed by atoms with Crippen LogP contribution >= 0.6 is 0 Å². The normalized spacial score (nSPS) is 11.6. The molecule has 0 aliphatic heterocycles. The van der Waals surface area contributed by atoms with Crippen molar-refractivity contribution in [2.24, 2.45) is 0 Å². The summed E-state index contributed by atoms with van der Waals surface area (Å²) in [4.78, 5) is 11.9. The quantitative estimate of drug-likeness (QED) is 0.794. The van der Waals surface area contributed by atoms with E-state index in [0.717, 1.165) is 5.76 Å². The number of esters is 1. The Labute approximate surface area is 111 Å². The van der Waals surface area contributed by atoms with Crippen LogP contribution in [0.25, 0.3) is 0 Å². The summed E-state index contributed by atoms with van der Waals surface area (Å²) < 4.78 is 12.1. The van der Waals surface area contributed by atoms with E-state index in [-0.39, 0.29) is 5.69 Å². The van der Waals surface area contributed by atoms with E-state index in [0.29, 0.717) is 12.2 Å². The SMILES string of the molecule is Cc1c(C(=O)OC(C)(C)C)nnn1Cc1ccco1. The fourth-order valence-electron chi connectivity index (χ4n) is 1.58. The van der Waals surface area contributed by atoms with Crippen LogP contribution in [-0.2, 0) is 11.3 Å². The first kappa shape index (κ1) is 13.3. The van der Waals surface area contributed by atoms with Crippen LogP contribution in [0.2, 0.25) is 0 Å². The molecule has 0 radical (unpaired) electrons. The molecule has 19 heavy (non-hydrogen) atoms. The molecule has 0 atom stereocenters. The Hall–Kier alpha value is -2.11. The maximum Gasteiger partial charge on any atom is 0.361 e. The first-order valence-electron chi connectivity index (χ1n) is 6.02. The Bertz CT molecular complexity index is 564. The van der Waals surface area contributed by atoms with E-state index in [1.165, 1.54) is 0 Å². The van der Waals surface area contributed by atoms with Gasteiger partial charge in [-0.1, -0.05) is 5.21 Å². The number of carbonyl (C=O) groups excluding carboxylic acids is 1. The lowest BCUT2D eigenvalue weighted by atomic mass is 10.2. The average molecular weight is 263 g/mol. The standard InChI is InChI=1S/C13H17N3O3/c1-9-11(12(17)19-13(2,3)4)14-15-16(9)8-10-6-5-7-18-10/h5-7H,8H2,1-4H3. The van der Waals surface area contributed by atoms with Crippen LogP contribution in [0.15, 0.2) is 22.8 Å². The average Bonchev–Trinajstić information content (AvgIpc) is 2.88. The lowest BCUT2D eigenvalue weighted by Crippen LogP contribution is -2.24. The first-order valence-corrected chi connectivity index (χ1v) is 6.02. The van der Waals surface area contributed by atoms with E-state index in [1.54, 1.807) is 23.9 Å². The van der Waals surface area contributed by atoms with Crippen LogP contribution < -0.4 is 0 Å². The van der Waals surface area contributed by atoms with Gasteiger partial charge in [-0.2, -0.15) is 0 Å². The Morgan fingerprint density at radius 3 is 2.79 bits per heavy atom. The molecule has 6 heteroatoms. The van der Waals surface area contributed by atoms with Crippen LogP contribution in [0.3, 0.4) is 0 Å². The number of hydrogen-bond acceptors (Lipinski definition) is 5. The third kappa shape index (κ3) is 3.21. The molecule has 0 unspecified atom stereocenters. The van der Waals surface area contributed by atoms with Crippen molar-refractivity contribution in [1.29, 1.82) is 0 Å². The Morgan fingerprint density at radius 2 is 2.21 bits per heavy atom. The molecule has 0 saturated carbocycles. The summed E-state index contributed by atoms with van der Waals surface area (Å²) in [7, 11) is 0. The summed E-state index contributed by atoms with van der Waals surface area (Å²) in [5.41, 5.74) is 0.348. The maximum absolute atomic E-state index is 11.9. The highest BCUT2D eigenvalue weighted by Crippen LogP contribution is 2.14. The molecular weight excluding hydrogens is 246 g/mol. The van der Waals surface area contributed by atoms with Crippen molar-refractivity contribution in [1.82, 2.24) is 15.0 Å². The Morgan fingerprint density at radius 1 is 1.47 bits per heavy atom. The second-order valence-electron chi connectivity index (χ2n) is 5.26. The molecule has 2 aromatic rings. The largest absolute Gasteiger partial charge is 0.467 e. The second kappa shape index (κ2) is 4.87. The summed E-state index contributed by atoms with van der Waals surface area (Å²) >= 11 is 0. The van der Waals surface area contributed by atoms with E-state index >= 15 is 0 Å². The predicted octanol–water partition coefficient (Wildman–Crippen LogP) is 2.18. The predicted molar refractivity (Wildman–Crippen MR) is 67.7 cm³/mol. The van der Waals surface area contributed by atoms with Gasteiger partial charge in [0.15, 0.2) is 5.69 Å². The molecule has 0 N–H and O–H groups in total. The molecule has 0 bridgehead atoms. The lowest BCUT2D eigenvalue weighted by molar-refractivity contribution is 0.00618. The van der Waals surface area contributed by atoms with Gasteiger partial charge < -0.3 is 9.15 Å². The number of aromatic nitrogens is 3. The fraction of sp³-hybridized carbons (Fsp3) is 0.462. The summed E-state index contributed by atoms with van der Waals surface area (Å²) in [6.07, 6.45) is 1.59. The molecule has 6 nitrogen and oxygen atoms in total. The summed E-state index contributed by atoms with van der Waals surface area (Å²) in [5.74, 6) is 0.291. The van der Waals surface area contributed by atoms with E-state index in [4.69, 9.17) is 9.15 Å². The first-order chi connectivity index (χ1) is 8.87. The smallest absolute Gasteiger partial charge is 0.361 e. The Kier molecular flexibility index (Phi) is 3.42. The van der Waals surface area contributed by atoms with Gasteiger partial charge in [-0.25, -0.2) is 9.48 Å². The minimum atomic E-state index is -0.547. The van der Waals surface area contributed by atoms with Gasteiger partial charge in [0, 0.05) is 0 Å². The molecular formula is C13H17N3O3. The lowest BCUT2D eigenvalue weighted by Gasteiger charge is -2.18. The summed E-state index contributed by atoms with van der Waals surface area (Å²) in [6.45, 7) is 7.66. The molecule has 0 spiro atoms. The van der Waals surface area contributed by atoms with Crippen LogP contribution in [-0.4, -0.2) is 26.6 Å². The molecule has 2 aromatic heterocycles. The van der Waals surface area contributed by atoms with Crippen molar-refractivity contribution in [2.75, 3.05) is 0 Å². The number of rotatable bonds is 3. The molecule has 0 aromatic carbocycles. The minimum Gasteiger partial charge on any atom is -0.467 e. The molecule has 0 fully saturated rings. The number of hydrogen-bond donors (Lipinski definition) is 0. The van der Waals surface area contributed by atoms with Gasteiger partial charge in [-0.3, -0.25) is 0 Å². The van der Waals surface area contributed by atoms with Gasteiger partial charge >= 0.3 is 5.97 Å². The number of furan rings is 1. The zero-order valence-corrected chi connectivity index (χ0v) is 11.5. The van der Waals surface area contributed by atoms with Gasteiger partial charge in [0.2, 0.25) is 0 Å². The zero-order valence-electron chi connectivity index (χ0n) is 11.5. The molecule has 0 aliphatic carbocycles. The number of nitrogens with zero attached hydrogens (tertiary/aromatic N) is 3. The van der Waals surface area contributed by atoms with Gasteiger partial charge in [-0.15, -0.1) is 5.10 Å². The van der Waals surface area contributed by atoms with Crippen LogP contribution in [0, 0.1) is 6.92 Å². The Balaban J connectivity index is 2.16. The van der Waals surface area contributed by atoms with E-state index < -0.39 is 11.6 Å². The van der Waals surface area contributed by atoms with Crippen molar-refractivity contribution in [2.45, 2.75) is 39.8 Å². The van der Waals surface area contributed by atoms with Crippen molar-refractivity contribution in [3.63, 3.8) is 0 Å². The maximum atomic E-state index is 11.9. The van der Waals surface area contributed by atoms with Gasteiger partial charge in [0.05, 0.1) is 12.0 Å². The summed E-state index contributed by atoms with van der Waals surface area (Å²) in [5, 5.41) is 7.82. The highest BCUT2D eigenvalue weighted by molar-refractivity contribution is 5.88. The van der Waals surface area contributed by atoms with E-state index in [9.17, 15) is 4.79 Å². The van der Waals surface area contributed by atoms with Gasteiger partial charge in [0.25, 0.3) is 0 Å². The molecule has 0 aliphatic rings. The highest BCUT2D eigenvalue weighted by Gasteiger charge is 2.23. The van der Waals surface area contributed by atoms with E-state index in [1.807, 2.05) is 26.8 Å². The van der Waals surface area contributed by atoms with E-state index in [2.05, 4.69) is 10.3 Å².